The zero-order valence-corrected chi connectivity index (χ0v) is 26.2. The Bertz CT molecular complexity index is 616. The van der Waals surface area contributed by atoms with Crippen molar-refractivity contribution < 1.29 is 26.8 Å². The molecule has 0 fully saturated rings. The molecule has 1 radical (unpaired) electrons. The molecule has 5 heteroatoms. The molecule has 1 aromatic rings. The van der Waals surface area contributed by atoms with Crippen molar-refractivity contribution in [2.75, 3.05) is 0 Å². The minimum atomic E-state index is 0. The summed E-state index contributed by atoms with van der Waals surface area (Å²) in [6.45, 7) is 17.5. The molecular weight excluding hydrogens is 487 g/mol. The molecule has 1 aliphatic carbocycles. The van der Waals surface area contributed by atoms with Crippen molar-refractivity contribution in [1.29, 1.82) is 0 Å². The number of hydrogen-bond donors (Lipinski definition) is 1. The zero-order chi connectivity index (χ0) is 22.2. The van der Waals surface area contributed by atoms with E-state index in [1.54, 1.807) is 0 Å². The van der Waals surface area contributed by atoms with E-state index in [1.807, 2.05) is 12.1 Å². The molecule has 0 saturated carbocycles. The molecule has 1 unspecified atom stereocenters. The van der Waals surface area contributed by atoms with Crippen LogP contribution >= 0.6 is 24.8 Å². The Kier molecular flexibility index (Phi) is 29.6. The summed E-state index contributed by atoms with van der Waals surface area (Å²) >= 11 is 0. The molecule has 0 heterocycles. The number of benzene rings is 1. The monoisotopic (exact) mass is 534 g/mol. The van der Waals surface area contributed by atoms with E-state index in [1.165, 1.54) is 66.4 Å². The van der Waals surface area contributed by atoms with Gasteiger partial charge in [0.1, 0.15) is 5.75 Å². The zero-order valence-electron chi connectivity index (χ0n) is 21.8. The van der Waals surface area contributed by atoms with Crippen LogP contribution < -0.4 is 0 Å². The van der Waals surface area contributed by atoms with Gasteiger partial charge in [-0.3, -0.25) is 6.08 Å². The van der Waals surface area contributed by atoms with Gasteiger partial charge in [0, 0.05) is 31.2 Å². The van der Waals surface area contributed by atoms with Crippen LogP contribution in [0.5, 0.6) is 5.75 Å². The summed E-state index contributed by atoms with van der Waals surface area (Å²) in [6, 6.07) is 6.10. The molecule has 1 nitrogen and oxygen atoms in total. The number of aryl methyl sites for hydroxylation is 2. The Morgan fingerprint density at radius 2 is 1.25 bits per heavy atom. The largest absolute Gasteiger partial charge is 0.508 e. The Morgan fingerprint density at radius 3 is 1.50 bits per heavy atom. The number of unbranched alkanes of at least 4 members (excludes halogenated alkanes) is 4. The van der Waals surface area contributed by atoms with Gasteiger partial charge in [-0.25, -0.2) is 5.57 Å². The van der Waals surface area contributed by atoms with Gasteiger partial charge in [0.05, 0.1) is 0 Å². The van der Waals surface area contributed by atoms with E-state index in [0.717, 1.165) is 22.4 Å². The van der Waals surface area contributed by atoms with E-state index in [-0.39, 0.29) is 46.5 Å². The van der Waals surface area contributed by atoms with E-state index in [2.05, 4.69) is 66.8 Å². The number of allylic oxidation sites excluding steroid dienone is 4. The number of rotatable bonds is 8. The first-order valence-corrected chi connectivity index (χ1v) is 13.9. The third-order valence-corrected chi connectivity index (χ3v) is 5.41. The first-order chi connectivity index (χ1) is 13.8. The predicted octanol–water partition coefficient (Wildman–Crippen LogP) is 8.94. The molecule has 32 heavy (non-hydrogen) atoms. The Morgan fingerprint density at radius 1 is 0.844 bits per heavy atom. The fourth-order valence-corrected chi connectivity index (χ4v) is 3.35. The van der Waals surface area contributed by atoms with Gasteiger partial charge < -0.3 is 5.11 Å². The maximum Gasteiger partial charge on any atom is 0.116 e. The van der Waals surface area contributed by atoms with Gasteiger partial charge in [-0.05, 0) is 48.9 Å². The number of phenolic OH excluding ortho intramolecular Hbond substituents is 1. The van der Waals surface area contributed by atoms with Gasteiger partial charge in [0.25, 0.3) is 0 Å². The summed E-state index contributed by atoms with van der Waals surface area (Å²) in [5, 5.41) is 9.71. The fraction of sp³-hybridized carbons (Fsp3) is 0.630. The second-order valence-electron chi connectivity index (χ2n) is 8.30. The second-order valence-corrected chi connectivity index (χ2v) is 9.45. The molecule has 0 amide bonds. The van der Waals surface area contributed by atoms with E-state index >= 15 is 0 Å². The van der Waals surface area contributed by atoms with Crippen molar-refractivity contribution in [1.82, 2.24) is 0 Å². The average Bonchev–Trinajstić information content (AvgIpc) is 2.89. The van der Waals surface area contributed by atoms with Gasteiger partial charge in [-0.1, -0.05) is 85.4 Å². The molecule has 0 aliphatic heterocycles. The second kappa shape index (κ2) is 24.1. The SMILES string of the molecule is CC1=[C-]C(C)C(C)=C1C.CCCCCc1cc(O)cc(CCCCC)c1.C[SiH]C.Cl.Cl.[Ti]. The quantitative estimate of drug-likeness (QED) is 0.200. The summed E-state index contributed by atoms with van der Waals surface area (Å²) in [6.07, 6.45) is 13.1. The molecule has 0 spiro atoms. The third-order valence-electron chi connectivity index (χ3n) is 5.41. The van der Waals surface area contributed by atoms with Gasteiger partial charge >= 0.3 is 0 Å². The minimum absolute atomic E-state index is 0. The standard InChI is InChI=1S/C16H26O.C9H13.C2H7Si.2ClH.Ti/c1-3-5-7-9-14-11-15(10-8-6-4-2)13-16(17)12-14;1-6-5-7(2)9(4)8(6)3;1-3-2;;;/h11-13,17H,3-10H2,1-2H3;6H,1-4H3;3H,1-2H3;2*1H;/q;-1;;;;. The first-order valence-electron chi connectivity index (χ1n) is 11.6. The summed E-state index contributed by atoms with van der Waals surface area (Å²) in [5.74, 6) is 0.996. The number of hydrogen-bond acceptors (Lipinski definition) is 1. The molecule has 0 saturated heterocycles. The number of phenols is 1. The van der Waals surface area contributed by atoms with Crippen LogP contribution in [-0.2, 0) is 34.6 Å². The Hall–Kier alpha value is 0.0112. The summed E-state index contributed by atoms with van der Waals surface area (Å²) in [5.41, 5.74) is 6.84. The maximum absolute atomic E-state index is 9.71. The van der Waals surface area contributed by atoms with Crippen molar-refractivity contribution in [2.45, 2.75) is 106 Å². The molecule has 2 rings (SSSR count). The smallest absolute Gasteiger partial charge is 0.116 e. The van der Waals surface area contributed by atoms with Crippen molar-refractivity contribution >= 4 is 34.3 Å². The van der Waals surface area contributed by atoms with Gasteiger partial charge in [-0.2, -0.15) is 11.1 Å². The first kappa shape index (κ1) is 39.2. The van der Waals surface area contributed by atoms with Crippen molar-refractivity contribution in [3.05, 3.63) is 52.1 Å². The topological polar surface area (TPSA) is 20.2 Å². The molecule has 1 aromatic carbocycles. The van der Waals surface area contributed by atoms with E-state index in [9.17, 15) is 5.11 Å². The van der Waals surface area contributed by atoms with Gasteiger partial charge in [0.15, 0.2) is 0 Å². The Balaban J connectivity index is -0.000000223. The van der Waals surface area contributed by atoms with E-state index in [4.69, 9.17) is 0 Å². The number of aromatic hydroxyl groups is 1. The predicted molar refractivity (Wildman–Crippen MR) is 148 cm³/mol. The van der Waals surface area contributed by atoms with Crippen LogP contribution in [-0.4, -0.2) is 14.6 Å². The molecule has 0 aromatic heterocycles. The van der Waals surface area contributed by atoms with Crippen molar-refractivity contribution in [3.63, 3.8) is 0 Å². The van der Waals surface area contributed by atoms with Crippen LogP contribution in [0, 0.1) is 12.0 Å². The average molecular weight is 536 g/mol. The van der Waals surface area contributed by atoms with Crippen molar-refractivity contribution in [2.24, 2.45) is 5.92 Å². The van der Waals surface area contributed by atoms with Crippen LogP contribution in [0.2, 0.25) is 13.1 Å². The minimum Gasteiger partial charge on any atom is -0.508 e. The van der Waals surface area contributed by atoms with Crippen LogP contribution in [0.3, 0.4) is 0 Å². The molecule has 0 bridgehead atoms. The van der Waals surface area contributed by atoms with Crippen LogP contribution in [0.25, 0.3) is 0 Å². The molecule has 1 aliphatic rings. The molecular formula is C27H48Cl2OSiTi-. The normalized spacial score (nSPS) is 13.9. The van der Waals surface area contributed by atoms with Crippen LogP contribution in [0.1, 0.15) is 91.2 Å². The fourth-order valence-electron chi connectivity index (χ4n) is 3.35. The summed E-state index contributed by atoms with van der Waals surface area (Å²) in [4.78, 5) is 0. The summed E-state index contributed by atoms with van der Waals surface area (Å²) in [7, 11) is 0.750. The van der Waals surface area contributed by atoms with E-state index < -0.39 is 0 Å². The maximum atomic E-state index is 9.71. The van der Waals surface area contributed by atoms with Crippen LogP contribution in [0.4, 0.5) is 0 Å². The summed E-state index contributed by atoms with van der Waals surface area (Å²) < 4.78 is 0. The molecule has 185 valence electrons. The molecule has 1 N–H and O–H groups in total. The van der Waals surface area contributed by atoms with Crippen molar-refractivity contribution in [3.8, 4) is 5.75 Å². The molecule has 1 atom stereocenters. The third kappa shape index (κ3) is 17.5. The van der Waals surface area contributed by atoms with Crippen LogP contribution in [0.15, 0.2) is 34.9 Å². The number of halogens is 2. The van der Waals surface area contributed by atoms with E-state index in [0.29, 0.717) is 11.7 Å². The van der Waals surface area contributed by atoms with Gasteiger partial charge in [0.2, 0.25) is 0 Å². The van der Waals surface area contributed by atoms with Gasteiger partial charge in [-0.15, -0.1) is 31.7 Å². The Labute approximate surface area is 229 Å².